The minimum absolute atomic E-state index is 0.0439. The number of rotatable bonds is 3. The van der Waals surface area contributed by atoms with Crippen molar-refractivity contribution in [1.82, 2.24) is 15.2 Å². The Kier molecular flexibility index (Phi) is 3.73. The molecule has 0 aliphatic carbocycles. The minimum atomic E-state index is -0.391. The Labute approximate surface area is 117 Å². The van der Waals surface area contributed by atoms with Gasteiger partial charge in [-0.1, -0.05) is 20.8 Å². The van der Waals surface area contributed by atoms with E-state index in [0.717, 1.165) is 9.88 Å². The van der Waals surface area contributed by atoms with Crippen LogP contribution >= 0.6 is 11.3 Å². The Hall–Kier alpha value is -1.27. The van der Waals surface area contributed by atoms with Crippen LogP contribution in [-0.2, 0) is 21.5 Å². The van der Waals surface area contributed by atoms with Crippen LogP contribution in [0.4, 0.5) is 0 Å². The lowest BCUT2D eigenvalue weighted by atomic mass is 9.98. The van der Waals surface area contributed by atoms with Gasteiger partial charge in [-0.25, -0.2) is 4.98 Å². The molecule has 2 rings (SSSR count). The van der Waals surface area contributed by atoms with Crippen LogP contribution in [0.3, 0.4) is 0 Å². The fourth-order valence-electron chi connectivity index (χ4n) is 1.87. The molecule has 19 heavy (non-hydrogen) atoms. The third-order valence-electron chi connectivity index (χ3n) is 3.10. The zero-order valence-electron chi connectivity index (χ0n) is 11.7. The van der Waals surface area contributed by atoms with Crippen LogP contribution in [-0.4, -0.2) is 34.8 Å². The van der Waals surface area contributed by atoms with Crippen molar-refractivity contribution in [1.29, 1.82) is 0 Å². The first-order valence-electron chi connectivity index (χ1n) is 6.28. The number of carbonyl (C=O) groups excluding carboxylic acids is 2. The molecule has 0 aromatic carbocycles. The molecule has 0 spiro atoms. The van der Waals surface area contributed by atoms with Gasteiger partial charge in [-0.2, -0.15) is 0 Å². The molecule has 1 aliphatic rings. The summed E-state index contributed by atoms with van der Waals surface area (Å²) in [5.74, 6) is -0.271. The van der Waals surface area contributed by atoms with Crippen LogP contribution in [0.5, 0.6) is 0 Å². The number of imide groups is 1. The molecule has 5 nitrogen and oxygen atoms in total. The predicted octanol–water partition coefficient (Wildman–Crippen LogP) is 1.29. The maximum atomic E-state index is 11.7. The van der Waals surface area contributed by atoms with E-state index in [4.69, 9.17) is 0 Å². The largest absolute Gasteiger partial charge is 0.300 e. The van der Waals surface area contributed by atoms with Crippen molar-refractivity contribution in [2.45, 2.75) is 45.2 Å². The van der Waals surface area contributed by atoms with Crippen LogP contribution in [0.1, 0.15) is 37.1 Å². The van der Waals surface area contributed by atoms with Crippen molar-refractivity contribution in [3.05, 3.63) is 16.1 Å². The highest BCUT2D eigenvalue weighted by Gasteiger charge is 2.35. The number of thiazole rings is 1. The van der Waals surface area contributed by atoms with Crippen molar-refractivity contribution < 1.29 is 9.59 Å². The highest BCUT2D eigenvalue weighted by Crippen LogP contribution is 2.26. The van der Waals surface area contributed by atoms with Gasteiger partial charge in [-0.05, 0) is 0 Å². The number of nitrogens with one attached hydrogen (secondary N) is 1. The molecule has 1 atom stereocenters. The quantitative estimate of drug-likeness (QED) is 0.848. The van der Waals surface area contributed by atoms with Gasteiger partial charge < -0.3 is 5.32 Å². The van der Waals surface area contributed by atoms with Gasteiger partial charge in [0.15, 0.2) is 0 Å². The monoisotopic (exact) mass is 281 g/mol. The van der Waals surface area contributed by atoms with Gasteiger partial charge in [-0.3, -0.25) is 14.5 Å². The molecule has 1 aromatic heterocycles. The fourth-order valence-corrected chi connectivity index (χ4v) is 2.80. The third-order valence-corrected chi connectivity index (χ3v) is 4.52. The van der Waals surface area contributed by atoms with Crippen LogP contribution in [0.2, 0.25) is 0 Å². The summed E-state index contributed by atoms with van der Waals surface area (Å²) in [6.45, 7) is 6.94. The summed E-state index contributed by atoms with van der Waals surface area (Å²) in [5, 5.41) is 4.21. The first-order valence-corrected chi connectivity index (χ1v) is 7.09. The van der Waals surface area contributed by atoms with Gasteiger partial charge in [0.2, 0.25) is 11.8 Å². The summed E-state index contributed by atoms with van der Waals surface area (Å²) in [4.78, 5) is 29.8. The summed E-state index contributed by atoms with van der Waals surface area (Å²) in [6, 6.07) is -0.391. The van der Waals surface area contributed by atoms with Crippen LogP contribution in [0.15, 0.2) is 6.20 Å². The van der Waals surface area contributed by atoms with Gasteiger partial charge in [-0.15, -0.1) is 11.3 Å². The number of aromatic nitrogens is 1. The van der Waals surface area contributed by atoms with E-state index < -0.39 is 6.04 Å². The Morgan fingerprint density at radius 2 is 2.16 bits per heavy atom. The van der Waals surface area contributed by atoms with E-state index in [1.54, 1.807) is 11.3 Å². The molecular formula is C13H19N3O2S. The van der Waals surface area contributed by atoms with Gasteiger partial charge in [0, 0.05) is 30.1 Å². The second-order valence-electron chi connectivity index (χ2n) is 5.81. The molecule has 1 aromatic rings. The summed E-state index contributed by atoms with van der Waals surface area (Å²) in [7, 11) is 1.52. The zero-order valence-corrected chi connectivity index (χ0v) is 12.5. The maximum Gasteiger partial charge on any atom is 0.246 e. The number of carbonyl (C=O) groups is 2. The number of amides is 2. The van der Waals surface area contributed by atoms with E-state index >= 15 is 0 Å². The third kappa shape index (κ3) is 3.01. The maximum absolute atomic E-state index is 11.7. The number of likely N-dealkylation sites (tertiary alicyclic amines) is 1. The number of hydrogen-bond donors (Lipinski definition) is 1. The smallest absolute Gasteiger partial charge is 0.246 e. The van der Waals surface area contributed by atoms with E-state index in [9.17, 15) is 9.59 Å². The van der Waals surface area contributed by atoms with Crippen LogP contribution in [0, 0.1) is 0 Å². The fraction of sp³-hybridized carbons (Fsp3) is 0.615. The molecular weight excluding hydrogens is 262 g/mol. The Morgan fingerprint density at radius 1 is 1.47 bits per heavy atom. The second-order valence-corrected chi connectivity index (χ2v) is 6.93. The molecule has 1 N–H and O–H groups in total. The highest BCUT2D eigenvalue weighted by atomic mass is 32.1. The van der Waals surface area contributed by atoms with E-state index in [2.05, 4.69) is 31.1 Å². The van der Waals surface area contributed by atoms with E-state index in [-0.39, 0.29) is 23.7 Å². The Balaban J connectivity index is 1.95. The van der Waals surface area contributed by atoms with Gasteiger partial charge in [0.05, 0.1) is 17.5 Å². The molecule has 104 valence electrons. The van der Waals surface area contributed by atoms with Crippen molar-refractivity contribution in [3.63, 3.8) is 0 Å². The van der Waals surface area contributed by atoms with Crippen LogP contribution < -0.4 is 5.32 Å². The normalized spacial score (nSPS) is 20.4. The highest BCUT2D eigenvalue weighted by molar-refractivity contribution is 7.11. The summed E-state index contributed by atoms with van der Waals surface area (Å²) in [5.41, 5.74) is 0.0439. The predicted molar refractivity (Wildman–Crippen MR) is 73.8 cm³/mol. The Bertz CT molecular complexity index is 504. The summed E-state index contributed by atoms with van der Waals surface area (Å²) < 4.78 is 0. The van der Waals surface area contributed by atoms with Crippen molar-refractivity contribution in [3.8, 4) is 0 Å². The van der Waals surface area contributed by atoms with Crippen LogP contribution in [0.25, 0.3) is 0 Å². The van der Waals surface area contributed by atoms with E-state index in [1.165, 1.54) is 11.9 Å². The first kappa shape index (κ1) is 14.1. The average Bonchev–Trinajstić information content (AvgIpc) is 2.88. The molecule has 1 fully saturated rings. The number of nitrogens with zero attached hydrogens (tertiary/aromatic N) is 2. The summed E-state index contributed by atoms with van der Waals surface area (Å²) in [6.07, 6.45) is 2.09. The van der Waals surface area contributed by atoms with Crippen molar-refractivity contribution >= 4 is 23.2 Å². The molecule has 0 radical (unpaired) electrons. The van der Waals surface area contributed by atoms with E-state index in [0.29, 0.717) is 6.54 Å². The van der Waals surface area contributed by atoms with Crippen molar-refractivity contribution in [2.24, 2.45) is 0 Å². The van der Waals surface area contributed by atoms with Gasteiger partial charge in [0.1, 0.15) is 0 Å². The lowest BCUT2D eigenvalue weighted by Gasteiger charge is -2.13. The molecule has 1 aliphatic heterocycles. The van der Waals surface area contributed by atoms with Gasteiger partial charge >= 0.3 is 0 Å². The molecule has 0 saturated carbocycles. The molecule has 1 saturated heterocycles. The molecule has 2 amide bonds. The number of likely N-dealkylation sites (N-methyl/N-ethyl adjacent to an activating group) is 1. The number of hydrogen-bond acceptors (Lipinski definition) is 5. The average molecular weight is 281 g/mol. The summed E-state index contributed by atoms with van der Waals surface area (Å²) >= 11 is 1.64. The lowest BCUT2D eigenvalue weighted by Crippen LogP contribution is -2.36. The topological polar surface area (TPSA) is 62.3 Å². The first-order chi connectivity index (χ1) is 8.79. The zero-order chi connectivity index (χ0) is 14.2. The van der Waals surface area contributed by atoms with Crippen molar-refractivity contribution in [2.75, 3.05) is 7.05 Å². The lowest BCUT2D eigenvalue weighted by molar-refractivity contribution is -0.137. The SMILES string of the molecule is CN1C(=O)CC(NCc2cnc(C(C)(C)C)s2)C1=O. The van der Waals surface area contributed by atoms with Gasteiger partial charge in [0.25, 0.3) is 0 Å². The molecule has 6 heteroatoms. The Morgan fingerprint density at radius 3 is 2.63 bits per heavy atom. The standard InChI is InChI=1S/C13H19N3O2S/c1-13(2,3)12-15-7-8(19-12)6-14-9-5-10(17)16(4)11(9)18/h7,9,14H,5-6H2,1-4H3. The molecule has 2 heterocycles. The van der Waals surface area contributed by atoms with E-state index in [1.807, 2.05) is 6.20 Å². The second kappa shape index (κ2) is 5.02. The molecule has 0 bridgehead atoms. The molecule has 1 unspecified atom stereocenters. The minimum Gasteiger partial charge on any atom is -0.300 e.